The number of aryl methyl sites for hydroxylation is 1. The summed E-state index contributed by atoms with van der Waals surface area (Å²) in [7, 11) is 1.54. The Morgan fingerprint density at radius 1 is 1.00 bits per heavy atom. The Balaban J connectivity index is 1.37. The van der Waals surface area contributed by atoms with Crippen LogP contribution in [0.5, 0.6) is 17.2 Å². The number of hydrogen-bond acceptors (Lipinski definition) is 7. The number of rotatable bonds is 10. The van der Waals surface area contributed by atoms with E-state index in [0.29, 0.717) is 33.5 Å². The van der Waals surface area contributed by atoms with E-state index >= 15 is 0 Å². The van der Waals surface area contributed by atoms with Crippen LogP contribution in [0.1, 0.15) is 11.1 Å². The van der Waals surface area contributed by atoms with Gasteiger partial charge in [0.1, 0.15) is 12.4 Å². The van der Waals surface area contributed by atoms with Gasteiger partial charge in [0.25, 0.3) is 17.1 Å². The molecule has 1 aliphatic rings. The van der Waals surface area contributed by atoms with E-state index < -0.39 is 5.91 Å². The van der Waals surface area contributed by atoms with Crippen molar-refractivity contribution >= 4 is 52.2 Å². The number of amides is 3. The SMILES string of the molecule is COc1ccccc1OCCN1C(=O)S/C(=C\c2ccccc2OCC(=O)Nc2ccc(C)c(Cl)c2)C1=O. The summed E-state index contributed by atoms with van der Waals surface area (Å²) in [5.41, 5.74) is 2.03. The number of thioether (sulfide) groups is 1. The topological polar surface area (TPSA) is 94.2 Å². The van der Waals surface area contributed by atoms with Gasteiger partial charge in [-0.3, -0.25) is 19.3 Å². The second-order valence-electron chi connectivity index (χ2n) is 8.17. The molecule has 3 aromatic rings. The van der Waals surface area contributed by atoms with Crippen LogP contribution in [0.4, 0.5) is 10.5 Å². The molecule has 0 atom stereocenters. The van der Waals surface area contributed by atoms with Crippen LogP contribution in [-0.2, 0) is 9.59 Å². The van der Waals surface area contributed by atoms with Crippen LogP contribution < -0.4 is 19.5 Å². The molecule has 0 unspecified atom stereocenters. The first-order valence-electron chi connectivity index (χ1n) is 11.6. The van der Waals surface area contributed by atoms with Crippen LogP contribution in [0.3, 0.4) is 0 Å². The van der Waals surface area contributed by atoms with Gasteiger partial charge in [0, 0.05) is 16.3 Å². The van der Waals surface area contributed by atoms with Crippen molar-refractivity contribution in [1.29, 1.82) is 0 Å². The fraction of sp³-hybridized carbons (Fsp3) is 0.179. The molecule has 0 saturated carbocycles. The lowest BCUT2D eigenvalue weighted by Gasteiger charge is -2.14. The van der Waals surface area contributed by atoms with Gasteiger partial charge in [0.05, 0.1) is 18.6 Å². The van der Waals surface area contributed by atoms with Gasteiger partial charge in [-0.2, -0.15) is 0 Å². The van der Waals surface area contributed by atoms with Crippen molar-refractivity contribution in [2.24, 2.45) is 0 Å². The molecule has 10 heteroatoms. The number of hydrogen-bond donors (Lipinski definition) is 1. The molecule has 0 aromatic heterocycles. The van der Waals surface area contributed by atoms with Gasteiger partial charge in [-0.1, -0.05) is 48.0 Å². The Morgan fingerprint density at radius 2 is 1.71 bits per heavy atom. The lowest BCUT2D eigenvalue weighted by atomic mass is 10.2. The third-order valence-electron chi connectivity index (χ3n) is 5.54. The van der Waals surface area contributed by atoms with Crippen molar-refractivity contribution in [3.8, 4) is 17.2 Å². The maximum absolute atomic E-state index is 12.9. The van der Waals surface area contributed by atoms with E-state index in [2.05, 4.69) is 5.32 Å². The van der Waals surface area contributed by atoms with Gasteiger partial charge in [0.15, 0.2) is 18.1 Å². The molecular formula is C28H25ClN2O6S. The molecule has 1 N–H and O–H groups in total. The molecule has 3 aromatic carbocycles. The molecule has 1 saturated heterocycles. The Labute approximate surface area is 229 Å². The molecule has 4 rings (SSSR count). The zero-order chi connectivity index (χ0) is 27.1. The number of anilines is 1. The van der Waals surface area contributed by atoms with Gasteiger partial charge < -0.3 is 19.5 Å². The molecule has 1 fully saturated rings. The Morgan fingerprint density at radius 3 is 2.45 bits per heavy atom. The quantitative estimate of drug-likeness (QED) is 0.318. The van der Waals surface area contributed by atoms with Crippen LogP contribution in [0.15, 0.2) is 71.6 Å². The van der Waals surface area contributed by atoms with Gasteiger partial charge in [-0.05, 0) is 60.7 Å². The molecule has 196 valence electrons. The van der Waals surface area contributed by atoms with Crippen molar-refractivity contribution in [3.63, 3.8) is 0 Å². The van der Waals surface area contributed by atoms with Crippen molar-refractivity contribution in [1.82, 2.24) is 4.90 Å². The van der Waals surface area contributed by atoms with Gasteiger partial charge in [-0.25, -0.2) is 0 Å². The second kappa shape index (κ2) is 12.5. The van der Waals surface area contributed by atoms with Crippen LogP contribution >= 0.6 is 23.4 Å². The zero-order valence-corrected chi connectivity index (χ0v) is 22.3. The predicted molar refractivity (Wildman–Crippen MR) is 148 cm³/mol. The molecule has 0 aliphatic carbocycles. The summed E-state index contributed by atoms with van der Waals surface area (Å²) in [6, 6.07) is 19.3. The Bertz CT molecular complexity index is 1390. The minimum Gasteiger partial charge on any atom is -0.493 e. The molecule has 0 bridgehead atoms. The highest BCUT2D eigenvalue weighted by Crippen LogP contribution is 2.34. The lowest BCUT2D eigenvalue weighted by molar-refractivity contribution is -0.123. The molecule has 3 amide bonds. The number of halogens is 1. The van der Waals surface area contributed by atoms with Crippen LogP contribution in [-0.4, -0.2) is 48.8 Å². The molecule has 0 spiro atoms. The minimum absolute atomic E-state index is 0.0847. The summed E-state index contributed by atoms with van der Waals surface area (Å²) in [6.07, 6.45) is 1.58. The first-order chi connectivity index (χ1) is 18.4. The van der Waals surface area contributed by atoms with E-state index in [1.54, 1.807) is 54.6 Å². The third kappa shape index (κ3) is 6.67. The van der Waals surface area contributed by atoms with E-state index in [1.807, 2.05) is 25.1 Å². The highest BCUT2D eigenvalue weighted by molar-refractivity contribution is 8.18. The maximum Gasteiger partial charge on any atom is 0.293 e. The number of benzene rings is 3. The molecule has 1 aliphatic heterocycles. The summed E-state index contributed by atoms with van der Waals surface area (Å²) in [6.45, 7) is 1.82. The van der Waals surface area contributed by atoms with Crippen LogP contribution in [0.2, 0.25) is 5.02 Å². The number of imide groups is 1. The number of carbonyl (C=O) groups excluding carboxylic acids is 3. The number of para-hydroxylation sites is 3. The van der Waals surface area contributed by atoms with Crippen molar-refractivity contribution < 1.29 is 28.6 Å². The molecule has 8 nitrogen and oxygen atoms in total. The maximum atomic E-state index is 12.9. The predicted octanol–water partition coefficient (Wildman–Crippen LogP) is 5.79. The average molecular weight is 553 g/mol. The molecule has 1 heterocycles. The molecule has 0 radical (unpaired) electrons. The number of nitrogens with zero attached hydrogens (tertiary/aromatic N) is 1. The van der Waals surface area contributed by atoms with Crippen molar-refractivity contribution in [2.75, 3.05) is 32.2 Å². The highest BCUT2D eigenvalue weighted by atomic mass is 35.5. The summed E-state index contributed by atoms with van der Waals surface area (Å²) in [5, 5.41) is 2.90. The summed E-state index contributed by atoms with van der Waals surface area (Å²) in [5.74, 6) is 0.700. The van der Waals surface area contributed by atoms with Crippen molar-refractivity contribution in [2.45, 2.75) is 6.92 Å². The average Bonchev–Trinajstić information content (AvgIpc) is 3.18. The van der Waals surface area contributed by atoms with Crippen LogP contribution in [0.25, 0.3) is 6.08 Å². The van der Waals surface area contributed by atoms with Crippen molar-refractivity contribution in [3.05, 3.63) is 87.8 Å². The van der Waals surface area contributed by atoms with E-state index in [1.165, 1.54) is 7.11 Å². The smallest absolute Gasteiger partial charge is 0.293 e. The normalized spacial score (nSPS) is 14.1. The van der Waals surface area contributed by atoms with E-state index in [0.717, 1.165) is 22.2 Å². The van der Waals surface area contributed by atoms with E-state index in [9.17, 15) is 14.4 Å². The minimum atomic E-state index is -0.424. The Hall–Kier alpha value is -3.95. The summed E-state index contributed by atoms with van der Waals surface area (Å²) < 4.78 is 16.7. The zero-order valence-electron chi connectivity index (χ0n) is 20.7. The fourth-order valence-corrected chi connectivity index (χ4v) is 4.60. The second-order valence-corrected chi connectivity index (χ2v) is 9.57. The molecular weight excluding hydrogens is 528 g/mol. The standard InChI is InChI=1S/C28H25ClN2O6S/c1-18-11-12-20(16-21(18)29)30-26(32)17-37-22-8-4-3-7-19(22)15-25-27(33)31(28(34)38-25)13-14-36-24-10-6-5-9-23(24)35-2/h3-12,15-16H,13-14,17H2,1-2H3,(H,30,32)/b25-15-. The van der Waals surface area contributed by atoms with Gasteiger partial charge in [-0.15, -0.1) is 0 Å². The highest BCUT2D eigenvalue weighted by Gasteiger charge is 2.35. The Kier molecular flexibility index (Phi) is 8.93. The first-order valence-corrected chi connectivity index (χ1v) is 12.8. The van der Waals surface area contributed by atoms with Gasteiger partial charge in [0.2, 0.25) is 0 Å². The largest absolute Gasteiger partial charge is 0.493 e. The number of carbonyl (C=O) groups is 3. The third-order valence-corrected chi connectivity index (χ3v) is 6.85. The summed E-state index contributed by atoms with van der Waals surface area (Å²) in [4.78, 5) is 39.2. The first kappa shape index (κ1) is 27.1. The number of methoxy groups -OCH3 is 1. The number of ether oxygens (including phenoxy) is 3. The number of nitrogens with one attached hydrogen (secondary N) is 1. The molecule has 38 heavy (non-hydrogen) atoms. The van der Waals surface area contributed by atoms with E-state index in [-0.39, 0.29) is 35.8 Å². The van der Waals surface area contributed by atoms with Gasteiger partial charge >= 0.3 is 0 Å². The lowest BCUT2D eigenvalue weighted by Crippen LogP contribution is -2.32. The van der Waals surface area contributed by atoms with E-state index in [4.69, 9.17) is 25.8 Å². The monoisotopic (exact) mass is 552 g/mol. The fourth-order valence-electron chi connectivity index (χ4n) is 3.56. The summed E-state index contributed by atoms with van der Waals surface area (Å²) >= 11 is 6.95. The van der Waals surface area contributed by atoms with Crippen LogP contribution in [0, 0.1) is 6.92 Å².